The van der Waals surface area contributed by atoms with E-state index in [1.807, 2.05) is 72.9 Å². The van der Waals surface area contributed by atoms with Crippen LogP contribution in [-0.2, 0) is 0 Å². The Hall–Kier alpha value is -6.20. The van der Waals surface area contributed by atoms with Crippen molar-refractivity contribution in [1.82, 2.24) is 19.9 Å². The van der Waals surface area contributed by atoms with Crippen molar-refractivity contribution in [3.05, 3.63) is 146 Å². The minimum absolute atomic E-state index is 0.633. The molecule has 5 heteroatoms. The van der Waals surface area contributed by atoms with Crippen molar-refractivity contribution in [3.63, 3.8) is 0 Å². The summed E-state index contributed by atoms with van der Waals surface area (Å²) < 4.78 is 6.34. The van der Waals surface area contributed by atoms with Crippen LogP contribution >= 0.6 is 0 Å². The van der Waals surface area contributed by atoms with E-state index in [4.69, 9.17) is 19.4 Å². The molecule has 0 aliphatic rings. The molecule has 0 atom stereocenters. The highest BCUT2D eigenvalue weighted by molar-refractivity contribution is 6.17. The molecule has 6 aromatic carbocycles. The highest BCUT2D eigenvalue weighted by Crippen LogP contribution is 2.40. The van der Waals surface area contributed by atoms with E-state index in [0.717, 1.165) is 71.3 Å². The molecule has 0 fully saturated rings. The Balaban J connectivity index is 1.30. The van der Waals surface area contributed by atoms with Gasteiger partial charge in [0.05, 0.1) is 6.20 Å². The zero-order valence-electron chi connectivity index (χ0n) is 24.1. The van der Waals surface area contributed by atoms with Crippen molar-refractivity contribution in [2.45, 2.75) is 0 Å². The fraction of sp³-hybridized carbons (Fsp3) is 0. The first-order valence-corrected chi connectivity index (χ1v) is 14.9. The third-order valence-electron chi connectivity index (χ3n) is 8.41. The van der Waals surface area contributed by atoms with Crippen LogP contribution in [0.25, 0.3) is 88.8 Å². The van der Waals surface area contributed by atoms with Crippen LogP contribution in [0.4, 0.5) is 0 Å². The molecule has 0 saturated carbocycles. The van der Waals surface area contributed by atoms with Crippen molar-refractivity contribution in [2.75, 3.05) is 0 Å². The number of aromatic nitrogens is 4. The third-order valence-corrected chi connectivity index (χ3v) is 8.41. The Kier molecular flexibility index (Phi) is 5.74. The zero-order chi connectivity index (χ0) is 29.7. The van der Waals surface area contributed by atoms with Crippen LogP contribution < -0.4 is 0 Å². The smallest absolute Gasteiger partial charge is 0.164 e. The van der Waals surface area contributed by atoms with Gasteiger partial charge in [0.25, 0.3) is 0 Å². The van der Waals surface area contributed by atoms with Crippen LogP contribution in [0.3, 0.4) is 0 Å². The number of benzene rings is 6. The van der Waals surface area contributed by atoms with Crippen molar-refractivity contribution in [1.29, 1.82) is 0 Å². The van der Waals surface area contributed by atoms with Gasteiger partial charge in [0.15, 0.2) is 23.1 Å². The van der Waals surface area contributed by atoms with E-state index < -0.39 is 0 Å². The number of rotatable bonds is 4. The second-order valence-corrected chi connectivity index (χ2v) is 11.1. The van der Waals surface area contributed by atoms with Gasteiger partial charge in [-0.1, -0.05) is 109 Å². The summed E-state index contributed by atoms with van der Waals surface area (Å²) >= 11 is 0. The lowest BCUT2D eigenvalue weighted by Gasteiger charge is -2.14. The van der Waals surface area contributed by atoms with E-state index in [1.165, 1.54) is 0 Å². The molecule has 0 bridgehead atoms. The van der Waals surface area contributed by atoms with Gasteiger partial charge in [0, 0.05) is 39.0 Å². The largest absolute Gasteiger partial charge is 0.454 e. The van der Waals surface area contributed by atoms with Gasteiger partial charge in [-0.3, -0.25) is 4.98 Å². The van der Waals surface area contributed by atoms with Gasteiger partial charge in [-0.15, -0.1) is 0 Å². The van der Waals surface area contributed by atoms with E-state index in [0.29, 0.717) is 17.5 Å². The molecule has 9 rings (SSSR count). The maximum absolute atomic E-state index is 6.34. The van der Waals surface area contributed by atoms with E-state index in [9.17, 15) is 0 Å². The second-order valence-electron chi connectivity index (χ2n) is 11.1. The average molecular weight is 577 g/mol. The van der Waals surface area contributed by atoms with Gasteiger partial charge in [-0.2, -0.15) is 0 Å². The summed E-state index contributed by atoms with van der Waals surface area (Å²) in [7, 11) is 0. The number of fused-ring (bicyclic) bond motifs is 6. The lowest BCUT2D eigenvalue weighted by molar-refractivity contribution is 0.670. The summed E-state index contributed by atoms with van der Waals surface area (Å²) in [6.45, 7) is 0. The number of nitrogens with zero attached hydrogens (tertiary/aromatic N) is 4. The Morgan fingerprint density at radius 2 is 1.07 bits per heavy atom. The second kappa shape index (κ2) is 10.2. The maximum atomic E-state index is 6.34. The summed E-state index contributed by atoms with van der Waals surface area (Å²) in [5.74, 6) is 1.91. The third kappa shape index (κ3) is 4.25. The SMILES string of the molecule is c1ccc(-c2nc(-c3ccccc3)nc(-c3cc(-c4cccc5c4ccc4c6ccncc6oc54)cc4ccccc34)n2)cc1. The van der Waals surface area contributed by atoms with Gasteiger partial charge in [0.2, 0.25) is 0 Å². The fourth-order valence-electron chi connectivity index (χ4n) is 6.28. The molecule has 0 N–H and O–H groups in total. The number of hydrogen-bond donors (Lipinski definition) is 0. The average Bonchev–Trinajstić information content (AvgIpc) is 3.51. The van der Waals surface area contributed by atoms with Crippen molar-refractivity contribution >= 4 is 43.5 Å². The summed E-state index contributed by atoms with van der Waals surface area (Å²) in [5.41, 5.74) is 6.69. The minimum atomic E-state index is 0.633. The van der Waals surface area contributed by atoms with Crippen LogP contribution in [-0.4, -0.2) is 19.9 Å². The van der Waals surface area contributed by atoms with Crippen LogP contribution in [0.2, 0.25) is 0 Å². The first-order valence-electron chi connectivity index (χ1n) is 14.9. The fourth-order valence-corrected chi connectivity index (χ4v) is 6.28. The molecule has 45 heavy (non-hydrogen) atoms. The molecule has 0 spiro atoms. The Morgan fingerprint density at radius 1 is 0.422 bits per heavy atom. The molecule has 0 saturated heterocycles. The summed E-state index contributed by atoms with van der Waals surface area (Å²) in [5, 5.41) is 6.53. The normalized spacial score (nSPS) is 11.6. The molecule has 5 nitrogen and oxygen atoms in total. The molecule has 0 unspecified atom stereocenters. The predicted molar refractivity (Wildman–Crippen MR) is 182 cm³/mol. The lowest BCUT2D eigenvalue weighted by Crippen LogP contribution is -2.00. The van der Waals surface area contributed by atoms with Crippen LogP contribution in [0, 0.1) is 0 Å². The molecule has 9 aromatic rings. The predicted octanol–water partition coefficient (Wildman–Crippen LogP) is 10.1. The zero-order valence-corrected chi connectivity index (χ0v) is 24.1. The van der Waals surface area contributed by atoms with E-state index in [-0.39, 0.29) is 0 Å². The van der Waals surface area contributed by atoms with Gasteiger partial charge in [0.1, 0.15) is 5.58 Å². The van der Waals surface area contributed by atoms with E-state index in [2.05, 4.69) is 71.7 Å². The van der Waals surface area contributed by atoms with Gasteiger partial charge in [-0.05, 0) is 51.6 Å². The van der Waals surface area contributed by atoms with Crippen LogP contribution in [0.1, 0.15) is 0 Å². The van der Waals surface area contributed by atoms with Crippen molar-refractivity contribution in [3.8, 4) is 45.3 Å². The Labute approximate surface area is 258 Å². The number of hydrogen-bond acceptors (Lipinski definition) is 5. The molecular formula is C40H24N4O. The quantitative estimate of drug-likeness (QED) is 0.209. The van der Waals surface area contributed by atoms with Gasteiger partial charge >= 0.3 is 0 Å². The standard InChI is InChI=1S/C40H24N4O/c1-3-10-25(11-4-1)38-42-39(26-12-5-2-6-13-26)44-40(43-38)35-23-28(22-27-14-7-8-15-29(27)35)30-16-9-17-33-31(30)18-19-34-32-20-21-41-24-36(32)45-37(33)34/h1-24H. The van der Waals surface area contributed by atoms with Gasteiger partial charge in [-0.25, -0.2) is 15.0 Å². The highest BCUT2D eigenvalue weighted by Gasteiger charge is 2.17. The molecule has 0 aliphatic carbocycles. The number of furan rings is 1. The topological polar surface area (TPSA) is 64.7 Å². The first-order chi connectivity index (χ1) is 22.3. The summed E-state index contributed by atoms with van der Waals surface area (Å²) in [6, 6.07) is 45.8. The van der Waals surface area contributed by atoms with Crippen LogP contribution in [0.15, 0.2) is 150 Å². The molecular weight excluding hydrogens is 552 g/mol. The summed E-state index contributed by atoms with van der Waals surface area (Å²) in [4.78, 5) is 19.3. The van der Waals surface area contributed by atoms with Crippen molar-refractivity contribution < 1.29 is 4.42 Å². The van der Waals surface area contributed by atoms with Gasteiger partial charge < -0.3 is 4.42 Å². The maximum Gasteiger partial charge on any atom is 0.164 e. The summed E-state index contributed by atoms with van der Waals surface area (Å²) in [6.07, 6.45) is 3.59. The molecule has 0 radical (unpaired) electrons. The molecule has 3 aromatic heterocycles. The van der Waals surface area contributed by atoms with E-state index >= 15 is 0 Å². The first kappa shape index (κ1) is 25.3. The molecule has 0 aliphatic heterocycles. The minimum Gasteiger partial charge on any atom is -0.454 e. The lowest BCUT2D eigenvalue weighted by atomic mass is 9.92. The van der Waals surface area contributed by atoms with E-state index in [1.54, 1.807) is 6.20 Å². The Morgan fingerprint density at radius 3 is 1.84 bits per heavy atom. The van der Waals surface area contributed by atoms with Crippen molar-refractivity contribution in [2.24, 2.45) is 0 Å². The monoisotopic (exact) mass is 576 g/mol. The molecule has 3 heterocycles. The highest BCUT2D eigenvalue weighted by atomic mass is 16.3. The number of pyridine rings is 1. The molecule has 0 amide bonds. The van der Waals surface area contributed by atoms with Crippen LogP contribution in [0.5, 0.6) is 0 Å². The molecule has 210 valence electrons. The Bertz CT molecular complexity index is 2480.